The summed E-state index contributed by atoms with van der Waals surface area (Å²) in [7, 11) is 1.10. The number of halogens is 3. The molecule has 0 aromatic heterocycles. The Hall–Kier alpha value is -3.35. The maximum Gasteiger partial charge on any atom is 0.417 e. The van der Waals surface area contributed by atoms with Gasteiger partial charge < -0.3 is 19.8 Å². The van der Waals surface area contributed by atoms with Gasteiger partial charge >= 0.3 is 12.1 Å². The molecule has 2 atom stereocenters. The number of hydrogen-bond donors (Lipinski definition) is 2. The molecular weight excluding hydrogens is 415 g/mol. The summed E-state index contributed by atoms with van der Waals surface area (Å²) in [6.45, 7) is -0.121. The van der Waals surface area contributed by atoms with E-state index in [1.54, 1.807) is 0 Å². The molecule has 1 fully saturated rings. The fourth-order valence-electron chi connectivity index (χ4n) is 3.24. The first-order chi connectivity index (χ1) is 14.6. The number of β-amino-alcohol motifs (C(OH)–C–C–N with tert-alkyl or cyclic N) is 2. The Kier molecular flexibility index (Phi) is 6.34. The molecule has 1 aliphatic heterocycles. The van der Waals surface area contributed by atoms with Gasteiger partial charge in [0.15, 0.2) is 0 Å². The minimum absolute atomic E-state index is 0.0161. The number of ether oxygens (including phenoxy) is 1. The third-order valence-corrected chi connectivity index (χ3v) is 4.81. The fourth-order valence-corrected chi connectivity index (χ4v) is 3.24. The first kappa shape index (κ1) is 22.3. The summed E-state index contributed by atoms with van der Waals surface area (Å²) in [5.74, 6) is 3.41. The topological polar surface area (TPSA) is 87.1 Å². The summed E-state index contributed by atoms with van der Waals surface area (Å²) in [5.41, 5.74) is -0.999. The first-order valence-electron chi connectivity index (χ1n) is 9.18. The molecule has 0 spiro atoms. The normalized spacial score (nSPS) is 18.3. The number of carbonyl (C=O) groups is 2. The third-order valence-electron chi connectivity index (χ3n) is 4.81. The predicted molar refractivity (Wildman–Crippen MR) is 104 cm³/mol. The van der Waals surface area contributed by atoms with E-state index in [2.05, 4.69) is 11.8 Å². The molecule has 162 valence electrons. The fraction of sp³-hybridized carbons (Fsp3) is 0.273. The van der Waals surface area contributed by atoms with Gasteiger partial charge in [-0.25, -0.2) is 4.79 Å². The number of rotatable bonds is 2. The summed E-state index contributed by atoms with van der Waals surface area (Å²) in [6.07, 6.45) is -6.73. The number of hydrogen-bond acceptors (Lipinski definition) is 5. The molecule has 0 unspecified atom stereocenters. The van der Waals surface area contributed by atoms with Crippen LogP contribution in [0.2, 0.25) is 0 Å². The van der Waals surface area contributed by atoms with Crippen molar-refractivity contribution in [2.24, 2.45) is 0 Å². The van der Waals surface area contributed by atoms with Gasteiger partial charge in [-0.3, -0.25) is 4.79 Å². The Balaban J connectivity index is 1.98. The second-order valence-corrected chi connectivity index (χ2v) is 6.89. The van der Waals surface area contributed by atoms with E-state index in [0.29, 0.717) is 0 Å². The van der Waals surface area contributed by atoms with Crippen LogP contribution in [-0.2, 0) is 15.7 Å². The van der Waals surface area contributed by atoms with E-state index in [1.807, 2.05) is 0 Å². The predicted octanol–water partition coefficient (Wildman–Crippen LogP) is 2.07. The van der Waals surface area contributed by atoms with Crippen LogP contribution in [0.25, 0.3) is 11.1 Å². The molecule has 9 heteroatoms. The van der Waals surface area contributed by atoms with Gasteiger partial charge in [-0.05, 0) is 29.3 Å². The van der Waals surface area contributed by atoms with Crippen LogP contribution >= 0.6 is 0 Å². The highest BCUT2D eigenvalue weighted by molar-refractivity contribution is 5.99. The van der Waals surface area contributed by atoms with Crippen molar-refractivity contribution in [2.75, 3.05) is 20.2 Å². The van der Waals surface area contributed by atoms with Crippen LogP contribution in [0, 0.1) is 11.8 Å². The van der Waals surface area contributed by atoms with Gasteiger partial charge in [-0.15, -0.1) is 0 Å². The van der Waals surface area contributed by atoms with Crippen molar-refractivity contribution in [3.8, 4) is 23.0 Å². The molecule has 31 heavy (non-hydrogen) atoms. The lowest BCUT2D eigenvalue weighted by Crippen LogP contribution is -2.28. The highest BCUT2D eigenvalue weighted by Gasteiger charge is 2.34. The van der Waals surface area contributed by atoms with Crippen LogP contribution in [0.3, 0.4) is 0 Å². The van der Waals surface area contributed by atoms with Gasteiger partial charge in [0.2, 0.25) is 0 Å². The smallest absolute Gasteiger partial charge is 0.417 e. The number of methoxy groups -OCH3 is 1. The van der Waals surface area contributed by atoms with E-state index < -0.39 is 35.8 Å². The summed E-state index contributed by atoms with van der Waals surface area (Å²) >= 11 is 0. The number of aliphatic hydroxyl groups excluding tert-OH is 2. The van der Waals surface area contributed by atoms with Crippen LogP contribution in [0.1, 0.15) is 21.5 Å². The summed E-state index contributed by atoms with van der Waals surface area (Å²) in [5, 5.41) is 19.0. The van der Waals surface area contributed by atoms with Crippen LogP contribution in [0.4, 0.5) is 13.2 Å². The van der Waals surface area contributed by atoms with Gasteiger partial charge in [0.25, 0.3) is 5.91 Å². The Morgan fingerprint density at radius 3 is 2.32 bits per heavy atom. The van der Waals surface area contributed by atoms with Crippen molar-refractivity contribution >= 4 is 11.9 Å². The monoisotopic (exact) mass is 433 g/mol. The maximum absolute atomic E-state index is 13.4. The Labute approximate surface area is 175 Å². The molecule has 0 saturated carbocycles. The molecule has 2 N–H and O–H groups in total. The first-order valence-corrected chi connectivity index (χ1v) is 9.18. The van der Waals surface area contributed by atoms with E-state index in [-0.39, 0.29) is 35.3 Å². The Morgan fingerprint density at radius 2 is 1.71 bits per heavy atom. The highest BCUT2D eigenvalue weighted by atomic mass is 19.4. The molecular formula is C22H18F3NO5. The van der Waals surface area contributed by atoms with E-state index in [1.165, 1.54) is 41.3 Å². The van der Waals surface area contributed by atoms with Crippen molar-refractivity contribution in [1.29, 1.82) is 0 Å². The van der Waals surface area contributed by atoms with E-state index in [0.717, 1.165) is 13.2 Å². The molecule has 6 nitrogen and oxygen atoms in total. The number of aliphatic hydroxyl groups is 2. The lowest BCUT2D eigenvalue weighted by Gasteiger charge is -2.15. The number of esters is 1. The van der Waals surface area contributed by atoms with Crippen LogP contribution in [0.5, 0.6) is 0 Å². The summed E-state index contributed by atoms with van der Waals surface area (Å²) < 4.78 is 45.0. The molecule has 2 aromatic carbocycles. The zero-order chi connectivity index (χ0) is 22.8. The van der Waals surface area contributed by atoms with E-state index in [4.69, 9.17) is 4.74 Å². The van der Waals surface area contributed by atoms with Gasteiger partial charge in [0.05, 0.1) is 43.5 Å². The quantitative estimate of drug-likeness (QED) is 0.560. The molecule has 1 amide bonds. The molecule has 0 radical (unpaired) electrons. The molecule has 1 saturated heterocycles. The molecule has 1 aliphatic rings. The third kappa shape index (κ3) is 4.87. The average Bonchev–Trinajstić information content (AvgIpc) is 3.09. The number of amides is 1. The van der Waals surface area contributed by atoms with Crippen LogP contribution < -0.4 is 0 Å². The number of carbonyl (C=O) groups excluding carboxylic acids is 2. The molecule has 3 rings (SSSR count). The standard InChI is InChI=1S/C22H18F3NO5/c1-31-21(30)16-10-13(7-9-20(29)26-11-18(27)19(28)12-26)6-8-14(16)15-4-2-3-5-17(15)22(23,24)25/h2-6,8,10,18-19,27-28H,11-12H2,1H3/t18-,19+. The van der Waals surface area contributed by atoms with Gasteiger partial charge in [-0.2, -0.15) is 13.2 Å². The molecule has 1 heterocycles. The largest absolute Gasteiger partial charge is 0.465 e. The molecule has 2 aromatic rings. The molecule has 0 aliphatic carbocycles. The van der Waals surface area contributed by atoms with Crippen LogP contribution in [0.15, 0.2) is 42.5 Å². The van der Waals surface area contributed by atoms with Gasteiger partial charge in [0, 0.05) is 11.5 Å². The number of benzene rings is 2. The van der Waals surface area contributed by atoms with E-state index in [9.17, 15) is 33.0 Å². The summed E-state index contributed by atoms with van der Waals surface area (Å²) in [6, 6.07) is 8.81. The SMILES string of the molecule is COC(=O)c1cc(C#CC(=O)N2C[C@@H](O)[C@@H](O)C2)ccc1-c1ccccc1C(F)(F)F. The highest BCUT2D eigenvalue weighted by Crippen LogP contribution is 2.38. The number of nitrogens with zero attached hydrogens (tertiary/aromatic N) is 1. The average molecular weight is 433 g/mol. The second kappa shape index (κ2) is 8.79. The van der Waals surface area contributed by atoms with Crippen molar-refractivity contribution < 1.29 is 37.7 Å². The lowest BCUT2D eigenvalue weighted by atomic mass is 9.93. The minimum atomic E-state index is -4.63. The second-order valence-electron chi connectivity index (χ2n) is 6.89. The van der Waals surface area contributed by atoms with Gasteiger partial charge in [0.1, 0.15) is 0 Å². The Morgan fingerprint density at radius 1 is 1.06 bits per heavy atom. The number of likely N-dealkylation sites (tertiary alicyclic amines) is 1. The number of alkyl halides is 3. The van der Waals surface area contributed by atoms with Crippen molar-refractivity contribution in [3.05, 3.63) is 59.2 Å². The zero-order valence-corrected chi connectivity index (χ0v) is 16.3. The molecule has 0 bridgehead atoms. The lowest BCUT2D eigenvalue weighted by molar-refractivity contribution is -0.137. The Bertz CT molecular complexity index is 1060. The van der Waals surface area contributed by atoms with Crippen molar-refractivity contribution in [3.63, 3.8) is 0 Å². The van der Waals surface area contributed by atoms with Crippen molar-refractivity contribution in [1.82, 2.24) is 4.90 Å². The van der Waals surface area contributed by atoms with Crippen LogP contribution in [-0.4, -0.2) is 59.4 Å². The van der Waals surface area contributed by atoms with Crippen molar-refractivity contribution in [2.45, 2.75) is 18.4 Å². The van der Waals surface area contributed by atoms with Gasteiger partial charge in [-0.1, -0.05) is 30.2 Å². The van der Waals surface area contributed by atoms with E-state index >= 15 is 0 Å². The summed E-state index contributed by atoms with van der Waals surface area (Å²) in [4.78, 5) is 25.6. The minimum Gasteiger partial charge on any atom is -0.465 e. The maximum atomic E-state index is 13.4. The zero-order valence-electron chi connectivity index (χ0n) is 16.3.